The molecule has 38 heavy (non-hydrogen) atoms. The predicted molar refractivity (Wildman–Crippen MR) is 145 cm³/mol. The first-order valence-electron chi connectivity index (χ1n) is 11.7. The zero-order chi connectivity index (χ0) is 27.0. The summed E-state index contributed by atoms with van der Waals surface area (Å²) >= 11 is 0. The van der Waals surface area contributed by atoms with Crippen molar-refractivity contribution < 1.29 is 27.4 Å². The highest BCUT2D eigenvalue weighted by Crippen LogP contribution is 2.46. The number of aromatic nitrogens is 2. The fourth-order valence-corrected chi connectivity index (χ4v) is 4.96. The summed E-state index contributed by atoms with van der Waals surface area (Å²) in [7, 11) is -0.617. The average Bonchev–Trinajstić information content (AvgIpc) is 3.28. The summed E-state index contributed by atoms with van der Waals surface area (Å²) in [6, 6.07) is 15.5. The first-order chi connectivity index (χ1) is 18.2. The van der Waals surface area contributed by atoms with Gasteiger partial charge in [0.05, 0.1) is 30.0 Å². The van der Waals surface area contributed by atoms with Gasteiger partial charge in [-0.1, -0.05) is 24.3 Å². The maximum atomic E-state index is 13.4. The molecular weight excluding hydrogens is 509 g/mol. The van der Waals surface area contributed by atoms with Gasteiger partial charge in [0, 0.05) is 30.2 Å². The van der Waals surface area contributed by atoms with Crippen LogP contribution in [0, 0.1) is 5.82 Å². The summed E-state index contributed by atoms with van der Waals surface area (Å²) in [4.78, 5) is 7.32. The molecule has 0 saturated heterocycles. The number of anilines is 1. The first kappa shape index (κ1) is 25.3. The summed E-state index contributed by atoms with van der Waals surface area (Å²) in [5.74, 6) is 0.480. The number of rotatable bonds is 8. The number of methoxy groups -OCH3 is 1. The highest BCUT2D eigenvalue weighted by atomic mass is 32.2. The Kier molecular flexibility index (Phi) is 6.58. The Labute approximate surface area is 219 Å². The van der Waals surface area contributed by atoms with Gasteiger partial charge in [0.15, 0.2) is 5.75 Å². The van der Waals surface area contributed by atoms with Crippen molar-refractivity contribution in [3.8, 4) is 17.4 Å². The van der Waals surface area contributed by atoms with Gasteiger partial charge in [0.25, 0.3) is 0 Å². The molecule has 0 bridgehead atoms. The van der Waals surface area contributed by atoms with Crippen LogP contribution in [-0.2, 0) is 23.1 Å². The average molecular weight is 536 g/mol. The van der Waals surface area contributed by atoms with E-state index >= 15 is 0 Å². The van der Waals surface area contributed by atoms with E-state index in [1.54, 1.807) is 25.4 Å². The Balaban J connectivity index is 1.68. The molecule has 0 unspecified atom stereocenters. The number of hydrogen-bond acceptors (Lipinski definition) is 6. The van der Waals surface area contributed by atoms with Gasteiger partial charge in [-0.3, -0.25) is 4.31 Å². The van der Waals surface area contributed by atoms with Crippen LogP contribution in [-0.4, -0.2) is 43.9 Å². The topological polar surface area (TPSA) is 105 Å². The van der Waals surface area contributed by atoms with E-state index in [0.717, 1.165) is 28.7 Å². The van der Waals surface area contributed by atoms with Crippen molar-refractivity contribution in [3.05, 3.63) is 89.5 Å². The van der Waals surface area contributed by atoms with E-state index in [9.17, 15) is 17.9 Å². The summed E-state index contributed by atoms with van der Waals surface area (Å²) in [5.41, 5.74) is 3.47. The summed E-state index contributed by atoms with van der Waals surface area (Å²) in [5, 5.41) is 12.0. The van der Waals surface area contributed by atoms with Gasteiger partial charge in [-0.2, -0.15) is 0 Å². The summed E-state index contributed by atoms with van der Waals surface area (Å²) in [6.45, 7) is 0.186. The van der Waals surface area contributed by atoms with E-state index in [1.807, 2.05) is 30.3 Å². The van der Waals surface area contributed by atoms with Crippen LogP contribution in [0.4, 0.5) is 10.1 Å². The number of fused-ring (bicyclic) bond motifs is 2. The molecule has 0 atom stereocenters. The van der Waals surface area contributed by atoms with Gasteiger partial charge < -0.3 is 19.6 Å². The molecule has 196 valence electrons. The molecule has 2 heterocycles. The van der Waals surface area contributed by atoms with Gasteiger partial charge in [0.1, 0.15) is 18.2 Å². The number of nitrogens with one attached hydrogen (secondary N) is 1. The molecule has 0 amide bonds. The molecule has 0 spiro atoms. The molecule has 0 fully saturated rings. The monoisotopic (exact) mass is 535 g/mol. The largest absolute Gasteiger partial charge is 0.497 e. The zero-order valence-corrected chi connectivity index (χ0v) is 21.8. The molecule has 0 aliphatic rings. The highest BCUT2D eigenvalue weighted by Gasteiger charge is 2.26. The molecule has 5 rings (SSSR count). The first-order valence-corrected chi connectivity index (χ1v) is 13.6. The van der Waals surface area contributed by atoms with E-state index in [0.29, 0.717) is 39.5 Å². The van der Waals surface area contributed by atoms with Crippen LogP contribution in [0.3, 0.4) is 0 Å². The fourth-order valence-electron chi connectivity index (χ4n) is 4.43. The van der Waals surface area contributed by atoms with Crippen LogP contribution in [0.25, 0.3) is 21.7 Å². The summed E-state index contributed by atoms with van der Waals surface area (Å²) in [6.07, 6.45) is 4.82. The number of aromatic amines is 1. The van der Waals surface area contributed by atoms with Crippen molar-refractivity contribution in [2.24, 2.45) is 0 Å². The number of hydrogen-bond donors (Lipinski definition) is 2. The molecule has 0 aliphatic carbocycles. The van der Waals surface area contributed by atoms with Gasteiger partial charge in [-0.15, -0.1) is 0 Å². The third-order valence-electron chi connectivity index (χ3n) is 6.45. The molecule has 3 aromatic carbocycles. The smallest absolute Gasteiger partial charge is 0.232 e. The van der Waals surface area contributed by atoms with Crippen molar-refractivity contribution in [1.29, 1.82) is 0 Å². The lowest BCUT2D eigenvalue weighted by Gasteiger charge is -2.22. The highest BCUT2D eigenvalue weighted by molar-refractivity contribution is 7.92. The van der Waals surface area contributed by atoms with E-state index in [2.05, 4.69) is 9.97 Å². The second-order valence-corrected chi connectivity index (χ2v) is 11.0. The standard InChI is InChI=1S/C28H26FN3O5S/c1-32(38(3,34)35)26-22-13-19(12-17-4-8-20(29)9-5-17)14-30-25(22)27(24-23(26)15-31-28(24)33)37-16-18-6-10-21(36-2)11-7-18/h4-11,13-15,30,33H,12,16H2,1-3H3. The van der Waals surface area contributed by atoms with E-state index in [1.165, 1.54) is 29.7 Å². The maximum absolute atomic E-state index is 13.4. The van der Waals surface area contributed by atoms with Crippen LogP contribution < -0.4 is 13.8 Å². The Hall–Kier alpha value is -4.31. The SMILES string of the molecule is COc1ccc(COc2c3[nH]cc(Cc4ccc(F)cc4)cc3c(N(C)S(C)(=O)=O)c3cnc(O)c23)cc1. The number of pyridine rings is 1. The van der Waals surface area contributed by atoms with Crippen LogP contribution in [0.15, 0.2) is 67.0 Å². The van der Waals surface area contributed by atoms with Gasteiger partial charge in [-0.25, -0.2) is 17.8 Å². The second kappa shape index (κ2) is 9.86. The Morgan fingerprint density at radius 1 is 1.03 bits per heavy atom. The van der Waals surface area contributed by atoms with Crippen molar-refractivity contribution >= 4 is 37.4 Å². The van der Waals surface area contributed by atoms with Crippen molar-refractivity contribution in [2.75, 3.05) is 24.7 Å². The van der Waals surface area contributed by atoms with Crippen molar-refractivity contribution in [2.45, 2.75) is 13.0 Å². The molecule has 2 N–H and O–H groups in total. The van der Waals surface area contributed by atoms with Crippen LogP contribution >= 0.6 is 0 Å². The fraction of sp³-hybridized carbons (Fsp3) is 0.179. The van der Waals surface area contributed by atoms with Gasteiger partial charge in [0.2, 0.25) is 15.9 Å². The van der Waals surface area contributed by atoms with Crippen LogP contribution in [0.1, 0.15) is 16.7 Å². The summed E-state index contributed by atoms with van der Waals surface area (Å²) < 4.78 is 51.3. The van der Waals surface area contributed by atoms with E-state index in [4.69, 9.17) is 9.47 Å². The molecule has 0 aliphatic heterocycles. The number of H-pyrrole nitrogens is 1. The lowest BCUT2D eigenvalue weighted by atomic mass is 10.0. The molecule has 10 heteroatoms. The Morgan fingerprint density at radius 3 is 2.37 bits per heavy atom. The number of aromatic hydroxyl groups is 1. The lowest BCUT2D eigenvalue weighted by molar-refractivity contribution is 0.312. The third-order valence-corrected chi connectivity index (χ3v) is 7.63. The van der Waals surface area contributed by atoms with Crippen LogP contribution in [0.5, 0.6) is 17.4 Å². The molecule has 5 aromatic rings. The van der Waals surface area contributed by atoms with E-state index < -0.39 is 10.0 Å². The van der Waals surface area contributed by atoms with Crippen molar-refractivity contribution in [1.82, 2.24) is 9.97 Å². The number of sulfonamides is 1. The minimum atomic E-state index is -3.67. The molecular formula is C28H26FN3O5S. The van der Waals surface area contributed by atoms with Crippen LogP contribution in [0.2, 0.25) is 0 Å². The molecule has 2 aromatic heterocycles. The number of benzene rings is 3. The number of ether oxygens (including phenoxy) is 2. The minimum Gasteiger partial charge on any atom is -0.497 e. The van der Waals surface area contributed by atoms with Crippen molar-refractivity contribution in [3.63, 3.8) is 0 Å². The maximum Gasteiger partial charge on any atom is 0.232 e. The quantitative estimate of drug-likeness (QED) is 0.285. The Morgan fingerprint density at radius 2 is 1.71 bits per heavy atom. The number of nitrogens with zero attached hydrogens (tertiary/aromatic N) is 2. The Bertz CT molecular complexity index is 1730. The molecule has 8 nitrogen and oxygen atoms in total. The van der Waals surface area contributed by atoms with Gasteiger partial charge in [-0.05, 0) is 53.4 Å². The second-order valence-electron chi connectivity index (χ2n) is 9.02. The van der Waals surface area contributed by atoms with Gasteiger partial charge >= 0.3 is 0 Å². The predicted octanol–water partition coefficient (Wildman–Crippen LogP) is 5.14. The normalized spacial score (nSPS) is 11.7. The van der Waals surface area contributed by atoms with E-state index in [-0.39, 0.29) is 18.3 Å². The molecule has 0 radical (unpaired) electrons. The third kappa shape index (κ3) is 4.82. The molecule has 0 saturated carbocycles. The minimum absolute atomic E-state index is 0.186. The number of halogens is 1. The zero-order valence-electron chi connectivity index (χ0n) is 21.0. The lowest BCUT2D eigenvalue weighted by Crippen LogP contribution is -2.25.